The van der Waals surface area contributed by atoms with Crippen molar-refractivity contribution < 1.29 is 23.5 Å². The smallest absolute Gasteiger partial charge is 0.319 e. The molecule has 2 amide bonds. The topological polar surface area (TPSA) is 108 Å². The van der Waals surface area contributed by atoms with Gasteiger partial charge in [0.25, 0.3) is 0 Å². The van der Waals surface area contributed by atoms with Crippen LogP contribution in [0.15, 0.2) is 34.9 Å². The lowest BCUT2D eigenvalue weighted by Crippen LogP contribution is -2.28. The molecular formula is C19H18Cl2N4O5. The normalized spacial score (nSPS) is 10.4. The molecule has 0 aliphatic carbocycles. The van der Waals surface area contributed by atoms with Gasteiger partial charge >= 0.3 is 6.03 Å². The first-order chi connectivity index (χ1) is 14.4. The molecule has 0 saturated carbocycles. The fraction of sp³-hybridized carbons (Fsp3) is 0.211. The van der Waals surface area contributed by atoms with E-state index in [1.165, 1.54) is 21.3 Å². The van der Waals surface area contributed by atoms with Crippen LogP contribution in [0.4, 0.5) is 10.5 Å². The zero-order valence-electron chi connectivity index (χ0n) is 16.3. The van der Waals surface area contributed by atoms with Crippen molar-refractivity contribution in [3.63, 3.8) is 0 Å². The van der Waals surface area contributed by atoms with Crippen LogP contribution in [0.3, 0.4) is 0 Å². The Morgan fingerprint density at radius 1 is 1.03 bits per heavy atom. The molecule has 0 bridgehead atoms. The van der Waals surface area contributed by atoms with Gasteiger partial charge in [-0.15, -0.1) is 0 Å². The van der Waals surface area contributed by atoms with Gasteiger partial charge in [-0.2, -0.15) is 4.98 Å². The van der Waals surface area contributed by atoms with Crippen molar-refractivity contribution in [1.29, 1.82) is 0 Å². The van der Waals surface area contributed by atoms with E-state index in [0.29, 0.717) is 44.4 Å². The maximum Gasteiger partial charge on any atom is 0.319 e. The van der Waals surface area contributed by atoms with E-state index in [1.54, 1.807) is 30.3 Å². The average molecular weight is 453 g/mol. The van der Waals surface area contributed by atoms with Crippen molar-refractivity contribution in [1.82, 2.24) is 15.5 Å². The van der Waals surface area contributed by atoms with E-state index in [-0.39, 0.29) is 12.4 Å². The lowest BCUT2D eigenvalue weighted by atomic mass is 10.1. The fourth-order valence-electron chi connectivity index (χ4n) is 2.56. The highest BCUT2D eigenvalue weighted by molar-refractivity contribution is 6.42. The summed E-state index contributed by atoms with van der Waals surface area (Å²) in [6.45, 7) is 0.0184. The molecule has 2 N–H and O–H groups in total. The van der Waals surface area contributed by atoms with Gasteiger partial charge in [0.2, 0.25) is 17.5 Å². The number of nitrogens with one attached hydrogen (secondary N) is 2. The standard InChI is InChI=1S/C19H18Cl2N4O5/c1-27-14-6-10(7-15(28-2)17(14)29-3)18-24-16(30-25-18)9-22-19(26)23-11-4-5-12(20)13(21)8-11/h4-8H,9H2,1-3H3,(H2,22,23,26). The number of carbonyl (C=O) groups is 1. The Morgan fingerprint density at radius 2 is 1.73 bits per heavy atom. The Hall–Kier alpha value is -3.17. The van der Waals surface area contributed by atoms with Crippen LogP contribution in [0, 0.1) is 0 Å². The number of benzene rings is 2. The second-order valence-electron chi connectivity index (χ2n) is 5.86. The van der Waals surface area contributed by atoms with E-state index in [2.05, 4.69) is 20.8 Å². The van der Waals surface area contributed by atoms with Crippen molar-refractivity contribution in [2.45, 2.75) is 6.54 Å². The number of ether oxygens (including phenoxy) is 3. The molecule has 0 atom stereocenters. The third-order valence-electron chi connectivity index (χ3n) is 3.97. The molecule has 30 heavy (non-hydrogen) atoms. The molecule has 0 aliphatic heterocycles. The van der Waals surface area contributed by atoms with E-state index in [1.807, 2.05) is 0 Å². The first-order valence-corrected chi connectivity index (χ1v) is 9.33. The second-order valence-corrected chi connectivity index (χ2v) is 6.68. The highest BCUT2D eigenvalue weighted by Gasteiger charge is 2.17. The van der Waals surface area contributed by atoms with Gasteiger partial charge in [-0.3, -0.25) is 0 Å². The van der Waals surface area contributed by atoms with Crippen LogP contribution in [0.2, 0.25) is 10.0 Å². The van der Waals surface area contributed by atoms with Crippen LogP contribution in [0.5, 0.6) is 17.2 Å². The number of hydrogen-bond acceptors (Lipinski definition) is 7. The van der Waals surface area contributed by atoms with Gasteiger partial charge in [0.05, 0.1) is 37.9 Å². The van der Waals surface area contributed by atoms with E-state index in [4.69, 9.17) is 41.9 Å². The molecule has 9 nitrogen and oxygen atoms in total. The van der Waals surface area contributed by atoms with Gasteiger partial charge in [0.1, 0.15) is 0 Å². The minimum atomic E-state index is -0.471. The molecule has 1 aromatic heterocycles. The van der Waals surface area contributed by atoms with Crippen molar-refractivity contribution in [3.8, 4) is 28.6 Å². The van der Waals surface area contributed by atoms with Crippen molar-refractivity contribution in [2.75, 3.05) is 26.6 Å². The lowest BCUT2D eigenvalue weighted by molar-refractivity contribution is 0.249. The van der Waals surface area contributed by atoms with Gasteiger partial charge in [0.15, 0.2) is 11.5 Å². The number of methoxy groups -OCH3 is 3. The molecule has 0 spiro atoms. The number of aromatic nitrogens is 2. The molecule has 3 aromatic rings. The predicted molar refractivity (Wildman–Crippen MR) is 112 cm³/mol. The van der Waals surface area contributed by atoms with E-state index >= 15 is 0 Å². The van der Waals surface area contributed by atoms with Gasteiger partial charge < -0.3 is 29.4 Å². The summed E-state index contributed by atoms with van der Waals surface area (Å²) >= 11 is 11.8. The zero-order valence-corrected chi connectivity index (χ0v) is 17.8. The third-order valence-corrected chi connectivity index (χ3v) is 4.71. The summed E-state index contributed by atoms with van der Waals surface area (Å²) in [6.07, 6.45) is 0. The average Bonchev–Trinajstić information content (AvgIpc) is 3.23. The second kappa shape index (κ2) is 9.55. The molecule has 11 heteroatoms. The van der Waals surface area contributed by atoms with Gasteiger partial charge in [-0.05, 0) is 30.3 Å². The molecule has 2 aromatic carbocycles. The van der Waals surface area contributed by atoms with Crippen molar-refractivity contribution in [2.24, 2.45) is 0 Å². The van der Waals surface area contributed by atoms with Crippen LogP contribution in [0.1, 0.15) is 5.89 Å². The number of rotatable bonds is 7. The number of nitrogens with zero attached hydrogens (tertiary/aromatic N) is 2. The third kappa shape index (κ3) is 4.87. The number of amides is 2. The Labute approximate surface area is 182 Å². The quantitative estimate of drug-likeness (QED) is 0.546. The summed E-state index contributed by atoms with van der Waals surface area (Å²) in [5.74, 6) is 1.88. The predicted octanol–water partition coefficient (Wildman–Crippen LogP) is 4.39. The van der Waals surface area contributed by atoms with Gasteiger partial charge in [-0.1, -0.05) is 28.4 Å². The van der Waals surface area contributed by atoms with Crippen molar-refractivity contribution in [3.05, 3.63) is 46.3 Å². The summed E-state index contributed by atoms with van der Waals surface area (Å²) in [6, 6.07) is 7.67. The van der Waals surface area contributed by atoms with E-state index in [9.17, 15) is 4.79 Å². The van der Waals surface area contributed by atoms with Crippen LogP contribution in [-0.2, 0) is 6.54 Å². The molecule has 0 unspecified atom stereocenters. The maximum absolute atomic E-state index is 12.1. The first kappa shape index (κ1) is 21.5. The fourth-order valence-corrected chi connectivity index (χ4v) is 2.86. The van der Waals surface area contributed by atoms with Crippen LogP contribution in [-0.4, -0.2) is 37.5 Å². The van der Waals surface area contributed by atoms with E-state index in [0.717, 1.165) is 0 Å². The monoisotopic (exact) mass is 452 g/mol. The first-order valence-electron chi connectivity index (χ1n) is 8.58. The number of urea groups is 1. The highest BCUT2D eigenvalue weighted by atomic mass is 35.5. The molecule has 158 valence electrons. The number of carbonyl (C=O) groups excluding carboxylic acids is 1. The summed E-state index contributed by atoms with van der Waals surface area (Å²) in [7, 11) is 4.54. The molecule has 0 aliphatic rings. The number of halogens is 2. The molecule has 0 saturated heterocycles. The minimum Gasteiger partial charge on any atom is -0.493 e. The molecule has 1 heterocycles. The van der Waals surface area contributed by atoms with E-state index < -0.39 is 6.03 Å². The summed E-state index contributed by atoms with van der Waals surface area (Å²) < 4.78 is 21.2. The SMILES string of the molecule is COc1cc(-c2noc(CNC(=O)Nc3ccc(Cl)c(Cl)c3)n2)cc(OC)c1OC. The highest BCUT2D eigenvalue weighted by Crippen LogP contribution is 2.40. The lowest BCUT2D eigenvalue weighted by Gasteiger charge is -2.12. The Morgan fingerprint density at radius 3 is 2.33 bits per heavy atom. The van der Waals surface area contributed by atoms with Gasteiger partial charge in [-0.25, -0.2) is 4.79 Å². The Kier molecular flexibility index (Phi) is 6.86. The number of hydrogen-bond donors (Lipinski definition) is 2. The van der Waals surface area contributed by atoms with Crippen LogP contribution in [0.25, 0.3) is 11.4 Å². The molecular weight excluding hydrogens is 435 g/mol. The Balaban J connectivity index is 1.68. The summed E-state index contributed by atoms with van der Waals surface area (Å²) in [5, 5.41) is 9.91. The summed E-state index contributed by atoms with van der Waals surface area (Å²) in [4.78, 5) is 16.3. The molecule has 0 fully saturated rings. The van der Waals surface area contributed by atoms with Crippen LogP contribution >= 0.6 is 23.2 Å². The maximum atomic E-state index is 12.1. The zero-order chi connectivity index (χ0) is 21.7. The largest absolute Gasteiger partial charge is 0.493 e. The van der Waals surface area contributed by atoms with Crippen LogP contribution < -0.4 is 24.8 Å². The number of anilines is 1. The summed E-state index contributed by atoms with van der Waals surface area (Å²) in [5.41, 5.74) is 1.09. The molecule has 0 radical (unpaired) electrons. The Bertz CT molecular complexity index is 1030. The molecule has 3 rings (SSSR count). The minimum absolute atomic E-state index is 0.0184. The van der Waals surface area contributed by atoms with Crippen molar-refractivity contribution >= 4 is 34.9 Å². The van der Waals surface area contributed by atoms with Gasteiger partial charge in [0, 0.05) is 11.3 Å².